The van der Waals surface area contributed by atoms with Crippen molar-refractivity contribution in [3.8, 4) is 5.75 Å². The topological polar surface area (TPSA) is 75.7 Å². The van der Waals surface area contributed by atoms with Crippen molar-refractivity contribution >= 4 is 33.2 Å². The van der Waals surface area contributed by atoms with E-state index in [1.807, 2.05) is 24.3 Å². The first-order chi connectivity index (χ1) is 14.3. The van der Waals surface area contributed by atoms with Crippen LogP contribution >= 0.6 is 11.6 Å². The first-order valence-corrected chi connectivity index (χ1v) is 12.2. The highest BCUT2D eigenvalue weighted by molar-refractivity contribution is 7.92. The fraction of sp³-hybridized carbons (Fsp3) is 0.409. The van der Waals surface area contributed by atoms with Crippen LogP contribution < -0.4 is 14.4 Å². The minimum absolute atomic E-state index is 0.263. The van der Waals surface area contributed by atoms with Gasteiger partial charge in [-0.1, -0.05) is 50.1 Å². The maximum atomic E-state index is 12.7. The van der Waals surface area contributed by atoms with Gasteiger partial charge in [0, 0.05) is 5.02 Å². The zero-order valence-corrected chi connectivity index (χ0v) is 19.2. The maximum absolute atomic E-state index is 12.7. The molecule has 0 bridgehead atoms. The normalized spacial score (nSPS) is 12.3. The van der Waals surface area contributed by atoms with Crippen molar-refractivity contribution in [3.05, 3.63) is 59.1 Å². The minimum atomic E-state index is -3.69. The molecule has 0 saturated heterocycles. The Morgan fingerprint density at radius 2 is 1.87 bits per heavy atom. The number of ether oxygens (including phenoxy) is 1. The van der Waals surface area contributed by atoms with E-state index < -0.39 is 16.1 Å². The molecule has 0 aliphatic heterocycles. The summed E-state index contributed by atoms with van der Waals surface area (Å²) in [6.45, 7) is 4.44. The van der Waals surface area contributed by atoms with E-state index in [9.17, 15) is 13.2 Å². The second-order valence-electron chi connectivity index (χ2n) is 7.00. The summed E-state index contributed by atoms with van der Waals surface area (Å²) in [4.78, 5) is 12.7. The van der Waals surface area contributed by atoms with Gasteiger partial charge in [-0.05, 0) is 48.7 Å². The van der Waals surface area contributed by atoms with Crippen molar-refractivity contribution in [3.63, 3.8) is 0 Å². The molecule has 0 unspecified atom stereocenters. The molecule has 0 radical (unpaired) electrons. The monoisotopic (exact) mass is 452 g/mol. The molecule has 0 aromatic heterocycles. The van der Waals surface area contributed by atoms with E-state index >= 15 is 0 Å². The van der Waals surface area contributed by atoms with Gasteiger partial charge in [0.05, 0.1) is 18.5 Å². The first-order valence-electron chi connectivity index (χ1n) is 10.0. The van der Waals surface area contributed by atoms with Gasteiger partial charge in [0.25, 0.3) is 0 Å². The van der Waals surface area contributed by atoms with E-state index in [2.05, 4.69) is 12.2 Å². The number of hydrogen-bond donors (Lipinski definition) is 1. The van der Waals surface area contributed by atoms with Crippen LogP contribution in [0.25, 0.3) is 0 Å². The maximum Gasteiger partial charge on any atom is 0.244 e. The van der Waals surface area contributed by atoms with Crippen LogP contribution in [-0.2, 0) is 21.2 Å². The van der Waals surface area contributed by atoms with Gasteiger partial charge in [0.2, 0.25) is 15.9 Å². The number of carbonyl (C=O) groups is 1. The van der Waals surface area contributed by atoms with Crippen molar-refractivity contribution < 1.29 is 17.9 Å². The van der Waals surface area contributed by atoms with Crippen LogP contribution in [0.2, 0.25) is 5.02 Å². The van der Waals surface area contributed by atoms with Crippen molar-refractivity contribution in [1.29, 1.82) is 0 Å². The summed E-state index contributed by atoms with van der Waals surface area (Å²) in [7, 11) is -3.69. The van der Waals surface area contributed by atoms with Crippen molar-refractivity contribution in [2.24, 2.45) is 0 Å². The van der Waals surface area contributed by atoms with Gasteiger partial charge < -0.3 is 10.1 Å². The number of hydrogen-bond acceptors (Lipinski definition) is 4. The standard InChI is InChI=1S/C22H29ClN2O4S/c1-4-7-17-10-12-20(13-11-17)29-15-14-24-22(26)21(5-2)25(30(3,27)28)19-9-6-8-18(23)16-19/h6,8-13,16,21H,4-5,7,14-15H2,1-3H3,(H,24,26)/t21-/m0/s1. The second-order valence-corrected chi connectivity index (χ2v) is 9.29. The lowest BCUT2D eigenvalue weighted by Gasteiger charge is -2.30. The molecule has 0 aliphatic carbocycles. The van der Waals surface area contributed by atoms with E-state index in [1.165, 1.54) is 11.6 Å². The van der Waals surface area contributed by atoms with Gasteiger partial charge in [0.1, 0.15) is 18.4 Å². The third kappa shape index (κ3) is 6.92. The van der Waals surface area contributed by atoms with Crippen LogP contribution in [0.3, 0.4) is 0 Å². The SMILES string of the molecule is CCCc1ccc(OCCNC(=O)[C@H](CC)N(c2cccc(Cl)c2)S(C)(=O)=O)cc1. The lowest BCUT2D eigenvalue weighted by Crippen LogP contribution is -2.50. The molecule has 0 saturated carbocycles. The van der Waals surface area contributed by atoms with Gasteiger partial charge in [-0.2, -0.15) is 0 Å². The summed E-state index contributed by atoms with van der Waals surface area (Å²) in [5.41, 5.74) is 1.61. The van der Waals surface area contributed by atoms with Gasteiger partial charge in [0.15, 0.2) is 0 Å². The number of nitrogens with one attached hydrogen (secondary N) is 1. The number of anilines is 1. The molecule has 8 heteroatoms. The molecule has 2 aromatic rings. The van der Waals surface area contributed by atoms with E-state index in [4.69, 9.17) is 16.3 Å². The van der Waals surface area contributed by atoms with E-state index in [0.717, 1.165) is 29.2 Å². The largest absolute Gasteiger partial charge is 0.492 e. The Morgan fingerprint density at radius 3 is 2.43 bits per heavy atom. The van der Waals surface area contributed by atoms with Crippen LogP contribution in [0.4, 0.5) is 5.69 Å². The third-order valence-corrected chi connectivity index (χ3v) is 5.94. The Bertz CT molecular complexity index is 932. The van der Waals surface area contributed by atoms with Crippen molar-refractivity contribution in [2.45, 2.75) is 39.2 Å². The zero-order chi connectivity index (χ0) is 22.1. The summed E-state index contributed by atoms with van der Waals surface area (Å²) in [6.07, 6.45) is 3.50. The first kappa shape index (κ1) is 24.0. The lowest BCUT2D eigenvalue weighted by molar-refractivity contribution is -0.122. The quantitative estimate of drug-likeness (QED) is 0.522. The average molecular weight is 453 g/mol. The Balaban J connectivity index is 1.98. The highest BCUT2D eigenvalue weighted by atomic mass is 35.5. The van der Waals surface area contributed by atoms with Crippen LogP contribution in [0.5, 0.6) is 5.75 Å². The number of benzene rings is 2. The number of aryl methyl sites for hydroxylation is 1. The van der Waals surface area contributed by atoms with Crippen molar-refractivity contribution in [1.82, 2.24) is 5.32 Å². The molecule has 1 atom stereocenters. The predicted octanol–water partition coefficient (Wildman–Crippen LogP) is 4.03. The number of nitrogens with zero attached hydrogens (tertiary/aromatic N) is 1. The number of carbonyl (C=O) groups excluding carboxylic acids is 1. The molecule has 1 amide bonds. The molecule has 2 rings (SSSR count). The molecule has 164 valence electrons. The second kappa shape index (κ2) is 11.2. The molecule has 30 heavy (non-hydrogen) atoms. The number of sulfonamides is 1. The average Bonchev–Trinajstić information content (AvgIpc) is 2.69. The Kier molecular flexibility index (Phi) is 8.99. The summed E-state index contributed by atoms with van der Waals surface area (Å²) < 4.78 is 31.6. The van der Waals surface area contributed by atoms with Gasteiger partial charge in [-0.3, -0.25) is 9.10 Å². The Morgan fingerprint density at radius 1 is 1.17 bits per heavy atom. The van der Waals surface area contributed by atoms with E-state index in [1.54, 1.807) is 25.1 Å². The molecular weight excluding hydrogens is 424 g/mol. The molecule has 0 fully saturated rings. The van der Waals surface area contributed by atoms with Gasteiger partial charge >= 0.3 is 0 Å². The third-order valence-electron chi connectivity index (χ3n) is 4.52. The predicted molar refractivity (Wildman–Crippen MR) is 122 cm³/mol. The number of rotatable bonds is 11. The Labute approximate surface area is 184 Å². The smallest absolute Gasteiger partial charge is 0.244 e. The molecule has 0 heterocycles. The molecule has 0 spiro atoms. The summed E-state index contributed by atoms with van der Waals surface area (Å²) in [6, 6.07) is 13.4. The number of amides is 1. The van der Waals surface area contributed by atoms with E-state index in [0.29, 0.717) is 17.1 Å². The highest BCUT2D eigenvalue weighted by Crippen LogP contribution is 2.25. The summed E-state index contributed by atoms with van der Waals surface area (Å²) in [5.74, 6) is 0.345. The summed E-state index contributed by atoms with van der Waals surface area (Å²) in [5, 5.41) is 3.17. The Hall–Kier alpha value is -2.25. The van der Waals surface area contributed by atoms with Gasteiger partial charge in [-0.15, -0.1) is 0 Å². The van der Waals surface area contributed by atoms with E-state index in [-0.39, 0.29) is 19.1 Å². The minimum Gasteiger partial charge on any atom is -0.492 e. The lowest BCUT2D eigenvalue weighted by atomic mass is 10.1. The summed E-state index contributed by atoms with van der Waals surface area (Å²) >= 11 is 6.02. The highest BCUT2D eigenvalue weighted by Gasteiger charge is 2.31. The van der Waals surface area contributed by atoms with Crippen LogP contribution in [0.1, 0.15) is 32.3 Å². The zero-order valence-electron chi connectivity index (χ0n) is 17.6. The molecular formula is C22H29ClN2O4S. The molecule has 1 N–H and O–H groups in total. The molecule has 0 aliphatic rings. The van der Waals surface area contributed by atoms with Crippen molar-refractivity contribution in [2.75, 3.05) is 23.7 Å². The fourth-order valence-corrected chi connectivity index (χ4v) is 4.56. The fourth-order valence-electron chi connectivity index (χ4n) is 3.18. The van der Waals surface area contributed by atoms with Crippen LogP contribution in [0, 0.1) is 0 Å². The molecule has 6 nitrogen and oxygen atoms in total. The van der Waals surface area contributed by atoms with Crippen LogP contribution in [-0.4, -0.2) is 39.8 Å². The number of halogens is 1. The molecule has 2 aromatic carbocycles. The van der Waals surface area contributed by atoms with Gasteiger partial charge in [-0.25, -0.2) is 8.42 Å². The van der Waals surface area contributed by atoms with Crippen LogP contribution in [0.15, 0.2) is 48.5 Å².